The van der Waals surface area contributed by atoms with E-state index in [1.165, 1.54) is 17.7 Å². The van der Waals surface area contributed by atoms with Crippen molar-refractivity contribution in [3.63, 3.8) is 0 Å². The molecular formula is C15H29N3O. The lowest BCUT2D eigenvalue weighted by atomic mass is 10.0. The van der Waals surface area contributed by atoms with E-state index in [4.69, 9.17) is 4.74 Å². The molecule has 4 nitrogen and oxygen atoms in total. The van der Waals surface area contributed by atoms with Gasteiger partial charge in [0.1, 0.15) is 0 Å². The summed E-state index contributed by atoms with van der Waals surface area (Å²) in [5.74, 6) is 0. The zero-order valence-corrected chi connectivity index (χ0v) is 13.3. The van der Waals surface area contributed by atoms with Gasteiger partial charge in [-0.1, -0.05) is 13.3 Å². The Morgan fingerprint density at radius 1 is 1.32 bits per heavy atom. The predicted molar refractivity (Wildman–Crippen MR) is 79.5 cm³/mol. The molecule has 19 heavy (non-hydrogen) atoms. The van der Waals surface area contributed by atoms with Gasteiger partial charge in [-0.3, -0.25) is 4.68 Å². The lowest BCUT2D eigenvalue weighted by molar-refractivity contribution is 0.157. The Balaban J connectivity index is 2.81. The van der Waals surface area contributed by atoms with Crippen LogP contribution < -0.4 is 5.32 Å². The van der Waals surface area contributed by atoms with E-state index in [2.05, 4.69) is 49.7 Å². The molecule has 1 N–H and O–H groups in total. The van der Waals surface area contributed by atoms with Crippen LogP contribution in [0.2, 0.25) is 0 Å². The molecule has 2 unspecified atom stereocenters. The number of rotatable bonds is 8. The Labute approximate surface area is 117 Å². The molecule has 4 heteroatoms. The van der Waals surface area contributed by atoms with Gasteiger partial charge < -0.3 is 10.1 Å². The topological polar surface area (TPSA) is 39.1 Å². The van der Waals surface area contributed by atoms with Crippen LogP contribution in [-0.2, 0) is 11.3 Å². The van der Waals surface area contributed by atoms with Gasteiger partial charge in [0.25, 0.3) is 0 Å². The number of methoxy groups -OCH3 is 1. The molecule has 1 rings (SSSR count). The quantitative estimate of drug-likeness (QED) is 0.787. The van der Waals surface area contributed by atoms with Crippen LogP contribution in [0.4, 0.5) is 0 Å². The van der Waals surface area contributed by atoms with Gasteiger partial charge >= 0.3 is 0 Å². The number of nitrogens with one attached hydrogen (secondary N) is 1. The van der Waals surface area contributed by atoms with Gasteiger partial charge in [0.15, 0.2) is 0 Å². The average molecular weight is 267 g/mol. The Bertz CT molecular complexity index is 381. The number of aromatic nitrogens is 2. The molecule has 0 amide bonds. The second-order valence-electron chi connectivity index (χ2n) is 5.23. The van der Waals surface area contributed by atoms with E-state index in [0.717, 1.165) is 25.3 Å². The van der Waals surface area contributed by atoms with E-state index in [1.807, 2.05) is 0 Å². The summed E-state index contributed by atoms with van der Waals surface area (Å²) >= 11 is 0. The van der Waals surface area contributed by atoms with Crippen molar-refractivity contribution in [2.45, 2.75) is 66.1 Å². The Morgan fingerprint density at radius 2 is 2.00 bits per heavy atom. The molecule has 0 spiro atoms. The highest BCUT2D eigenvalue weighted by Crippen LogP contribution is 2.22. The lowest BCUT2D eigenvalue weighted by Crippen LogP contribution is -2.35. The van der Waals surface area contributed by atoms with Gasteiger partial charge in [-0.05, 0) is 34.1 Å². The van der Waals surface area contributed by atoms with E-state index in [1.54, 1.807) is 7.11 Å². The molecule has 0 fully saturated rings. The Morgan fingerprint density at radius 3 is 2.47 bits per heavy atom. The summed E-state index contributed by atoms with van der Waals surface area (Å²) < 4.78 is 7.37. The van der Waals surface area contributed by atoms with Crippen LogP contribution in [0.5, 0.6) is 0 Å². The maximum atomic E-state index is 5.30. The first-order valence-corrected chi connectivity index (χ1v) is 7.33. The number of hydrogen-bond acceptors (Lipinski definition) is 3. The SMILES string of the molecule is CCCC(COC)NC(C)c1c(C)nn(CC)c1C. The van der Waals surface area contributed by atoms with Crippen molar-refractivity contribution in [3.05, 3.63) is 17.0 Å². The minimum atomic E-state index is 0.312. The molecule has 0 saturated heterocycles. The van der Waals surface area contributed by atoms with Crippen LogP contribution in [0.3, 0.4) is 0 Å². The van der Waals surface area contributed by atoms with E-state index >= 15 is 0 Å². The third kappa shape index (κ3) is 4.05. The molecule has 0 aliphatic heterocycles. The summed E-state index contributed by atoms with van der Waals surface area (Å²) in [6.45, 7) is 12.5. The van der Waals surface area contributed by atoms with E-state index in [9.17, 15) is 0 Å². The summed E-state index contributed by atoms with van der Waals surface area (Å²) in [7, 11) is 1.76. The van der Waals surface area contributed by atoms with Crippen LogP contribution in [0.15, 0.2) is 0 Å². The van der Waals surface area contributed by atoms with Crippen LogP contribution in [0.1, 0.15) is 56.6 Å². The fourth-order valence-corrected chi connectivity index (χ4v) is 2.85. The number of aryl methyl sites for hydroxylation is 2. The minimum Gasteiger partial charge on any atom is -0.383 e. The molecule has 0 aliphatic carbocycles. The summed E-state index contributed by atoms with van der Waals surface area (Å²) in [4.78, 5) is 0. The molecule has 0 aliphatic rings. The monoisotopic (exact) mass is 267 g/mol. The minimum absolute atomic E-state index is 0.312. The van der Waals surface area contributed by atoms with Crippen molar-refractivity contribution < 1.29 is 4.74 Å². The molecule has 0 saturated carbocycles. The van der Waals surface area contributed by atoms with Gasteiger partial charge in [-0.25, -0.2) is 0 Å². The largest absolute Gasteiger partial charge is 0.383 e. The first kappa shape index (κ1) is 16.2. The highest BCUT2D eigenvalue weighted by atomic mass is 16.5. The Kier molecular flexibility index (Phi) is 6.52. The van der Waals surface area contributed by atoms with Gasteiger partial charge in [0, 0.05) is 37.0 Å². The molecule has 110 valence electrons. The molecule has 0 radical (unpaired) electrons. The normalized spacial score (nSPS) is 14.6. The smallest absolute Gasteiger partial charge is 0.0644 e. The van der Waals surface area contributed by atoms with Crippen molar-refractivity contribution in [2.75, 3.05) is 13.7 Å². The summed E-state index contributed by atoms with van der Waals surface area (Å²) in [6, 6.07) is 0.723. The number of ether oxygens (including phenoxy) is 1. The maximum Gasteiger partial charge on any atom is 0.0644 e. The van der Waals surface area contributed by atoms with E-state index in [-0.39, 0.29) is 0 Å². The van der Waals surface area contributed by atoms with E-state index < -0.39 is 0 Å². The highest BCUT2D eigenvalue weighted by molar-refractivity contribution is 5.27. The number of hydrogen-bond donors (Lipinski definition) is 1. The average Bonchev–Trinajstić information content (AvgIpc) is 2.64. The van der Waals surface area contributed by atoms with Gasteiger partial charge in [-0.15, -0.1) is 0 Å². The molecular weight excluding hydrogens is 238 g/mol. The maximum absolute atomic E-state index is 5.30. The first-order chi connectivity index (χ1) is 9.04. The third-order valence-corrected chi connectivity index (χ3v) is 3.66. The first-order valence-electron chi connectivity index (χ1n) is 7.33. The lowest BCUT2D eigenvalue weighted by Gasteiger charge is -2.23. The molecule has 0 bridgehead atoms. The predicted octanol–water partition coefficient (Wildman–Crippen LogP) is 2.99. The zero-order valence-electron chi connectivity index (χ0n) is 13.3. The summed E-state index contributed by atoms with van der Waals surface area (Å²) in [5.41, 5.74) is 3.73. The van der Waals surface area contributed by atoms with E-state index in [0.29, 0.717) is 12.1 Å². The zero-order chi connectivity index (χ0) is 14.4. The van der Waals surface area contributed by atoms with Crippen LogP contribution in [0, 0.1) is 13.8 Å². The summed E-state index contributed by atoms with van der Waals surface area (Å²) in [6.07, 6.45) is 2.30. The highest BCUT2D eigenvalue weighted by Gasteiger charge is 2.19. The molecule has 0 aromatic carbocycles. The van der Waals surface area contributed by atoms with Gasteiger partial charge in [0.2, 0.25) is 0 Å². The standard InChI is InChI=1S/C15H29N3O/c1-7-9-14(10-19-6)16-11(3)15-12(4)17-18(8-2)13(15)5/h11,14,16H,7-10H2,1-6H3. The van der Waals surface area contributed by atoms with Crippen molar-refractivity contribution in [1.82, 2.24) is 15.1 Å². The third-order valence-electron chi connectivity index (χ3n) is 3.66. The fraction of sp³-hybridized carbons (Fsp3) is 0.800. The summed E-state index contributed by atoms with van der Waals surface area (Å²) in [5, 5.41) is 8.27. The second-order valence-corrected chi connectivity index (χ2v) is 5.23. The van der Waals surface area contributed by atoms with Gasteiger partial charge in [-0.2, -0.15) is 5.10 Å². The van der Waals surface area contributed by atoms with Gasteiger partial charge in [0.05, 0.1) is 12.3 Å². The van der Waals surface area contributed by atoms with Crippen molar-refractivity contribution in [2.24, 2.45) is 0 Å². The van der Waals surface area contributed by atoms with Crippen molar-refractivity contribution in [1.29, 1.82) is 0 Å². The fourth-order valence-electron chi connectivity index (χ4n) is 2.85. The van der Waals surface area contributed by atoms with Crippen molar-refractivity contribution >= 4 is 0 Å². The molecule has 2 atom stereocenters. The second kappa shape index (κ2) is 7.65. The van der Waals surface area contributed by atoms with Crippen LogP contribution in [0.25, 0.3) is 0 Å². The van der Waals surface area contributed by atoms with Crippen LogP contribution >= 0.6 is 0 Å². The van der Waals surface area contributed by atoms with Crippen LogP contribution in [-0.4, -0.2) is 29.5 Å². The molecule has 1 heterocycles. The van der Waals surface area contributed by atoms with Crippen molar-refractivity contribution in [3.8, 4) is 0 Å². The molecule has 1 aromatic heterocycles. The molecule has 1 aromatic rings. The number of nitrogens with zero attached hydrogens (tertiary/aromatic N) is 2. The Hall–Kier alpha value is -0.870.